The molecule has 7 nitrogen and oxygen atoms in total. The van der Waals surface area contributed by atoms with Crippen molar-refractivity contribution in [1.29, 1.82) is 0 Å². The van der Waals surface area contributed by atoms with Crippen LogP contribution in [0.2, 0.25) is 0 Å². The minimum Gasteiger partial charge on any atom is -0.469 e. The summed E-state index contributed by atoms with van der Waals surface area (Å²) < 4.78 is 7.32. The average Bonchev–Trinajstić information content (AvgIpc) is 3.43. The van der Waals surface area contributed by atoms with E-state index in [0.29, 0.717) is 0 Å². The number of aromatic nitrogens is 2. The summed E-state index contributed by atoms with van der Waals surface area (Å²) in [5.41, 5.74) is 2.43. The van der Waals surface area contributed by atoms with Gasteiger partial charge in [-0.2, -0.15) is 5.10 Å². The van der Waals surface area contributed by atoms with Gasteiger partial charge in [-0.25, -0.2) is 0 Å². The molecule has 31 heavy (non-hydrogen) atoms. The summed E-state index contributed by atoms with van der Waals surface area (Å²) in [4.78, 5) is 7.02. The van der Waals surface area contributed by atoms with Gasteiger partial charge in [-0.05, 0) is 36.8 Å². The predicted molar refractivity (Wildman–Crippen MR) is 137 cm³/mol. The first kappa shape index (κ1) is 24.8. The molecule has 3 rings (SSSR count). The Morgan fingerprint density at radius 1 is 1.06 bits per heavy atom. The Morgan fingerprint density at radius 3 is 2.52 bits per heavy atom. The van der Waals surface area contributed by atoms with Gasteiger partial charge in [-0.15, -0.1) is 24.0 Å². The Kier molecular flexibility index (Phi) is 11.0. The molecule has 0 saturated heterocycles. The summed E-state index contributed by atoms with van der Waals surface area (Å²) in [6, 6.07) is 16.4. The molecule has 2 heterocycles. The molecule has 3 aromatic rings. The number of rotatable bonds is 11. The number of benzene rings is 1. The normalized spacial score (nSPS) is 11.1. The van der Waals surface area contributed by atoms with E-state index in [1.54, 1.807) is 6.26 Å². The average molecular weight is 536 g/mol. The van der Waals surface area contributed by atoms with Gasteiger partial charge in [0.1, 0.15) is 5.76 Å². The smallest absolute Gasteiger partial charge is 0.191 e. The van der Waals surface area contributed by atoms with Gasteiger partial charge in [-0.3, -0.25) is 9.67 Å². The van der Waals surface area contributed by atoms with Crippen LogP contribution in [0.3, 0.4) is 0 Å². The second-order valence-electron chi connectivity index (χ2n) is 7.22. The molecule has 0 radical (unpaired) electrons. The fraction of sp³-hybridized carbons (Fsp3) is 0.391. The Bertz CT molecular complexity index is 879. The summed E-state index contributed by atoms with van der Waals surface area (Å²) in [5.74, 6) is 1.81. The lowest BCUT2D eigenvalue weighted by Gasteiger charge is -2.18. The molecule has 0 aliphatic carbocycles. The van der Waals surface area contributed by atoms with Crippen molar-refractivity contribution in [3.8, 4) is 0 Å². The summed E-state index contributed by atoms with van der Waals surface area (Å²) in [5, 5.41) is 11.1. The fourth-order valence-corrected chi connectivity index (χ4v) is 3.20. The zero-order valence-corrected chi connectivity index (χ0v) is 20.7. The van der Waals surface area contributed by atoms with Crippen molar-refractivity contribution in [2.45, 2.75) is 19.3 Å². The number of hydrogen-bond acceptors (Lipinski definition) is 4. The van der Waals surface area contributed by atoms with E-state index in [4.69, 9.17) is 9.41 Å². The molecule has 2 aromatic heterocycles. The molecule has 0 aliphatic heterocycles. The largest absolute Gasteiger partial charge is 0.469 e. The number of aliphatic imine (C=N–C) groups is 1. The van der Waals surface area contributed by atoms with Gasteiger partial charge in [0.25, 0.3) is 0 Å². The molecule has 0 amide bonds. The van der Waals surface area contributed by atoms with E-state index in [2.05, 4.69) is 51.9 Å². The third-order valence-corrected chi connectivity index (χ3v) is 4.96. The summed E-state index contributed by atoms with van der Waals surface area (Å²) in [6.07, 6.45) is 6.24. The quantitative estimate of drug-likeness (QED) is 0.170. The van der Waals surface area contributed by atoms with Crippen LogP contribution < -0.4 is 15.5 Å². The first-order chi connectivity index (χ1) is 14.7. The fourth-order valence-electron chi connectivity index (χ4n) is 3.20. The van der Waals surface area contributed by atoms with Gasteiger partial charge in [-0.1, -0.05) is 18.2 Å². The highest BCUT2D eigenvalue weighted by molar-refractivity contribution is 14.0. The predicted octanol–water partition coefficient (Wildman–Crippen LogP) is 3.48. The number of para-hydroxylation sites is 1. The van der Waals surface area contributed by atoms with Crippen LogP contribution in [-0.4, -0.2) is 49.0 Å². The minimum absolute atomic E-state index is 0. The topological polar surface area (TPSA) is 70.6 Å². The molecule has 0 unspecified atom stereocenters. The lowest BCUT2D eigenvalue weighted by Crippen LogP contribution is -2.39. The zero-order chi connectivity index (χ0) is 21.0. The van der Waals surface area contributed by atoms with E-state index in [9.17, 15) is 0 Å². The monoisotopic (exact) mass is 536 g/mol. The maximum absolute atomic E-state index is 5.41. The van der Waals surface area contributed by atoms with E-state index in [1.807, 2.05) is 42.2 Å². The number of hydrogen-bond donors (Lipinski definition) is 2. The van der Waals surface area contributed by atoms with Crippen LogP contribution in [0.4, 0.5) is 5.69 Å². The highest BCUT2D eigenvalue weighted by atomic mass is 127. The van der Waals surface area contributed by atoms with Crippen molar-refractivity contribution in [3.05, 3.63) is 72.4 Å². The summed E-state index contributed by atoms with van der Waals surface area (Å²) >= 11 is 0. The van der Waals surface area contributed by atoms with Crippen molar-refractivity contribution < 1.29 is 4.42 Å². The van der Waals surface area contributed by atoms with Crippen LogP contribution in [0.5, 0.6) is 0 Å². The lowest BCUT2D eigenvalue weighted by atomic mass is 10.3. The Labute approximate surface area is 201 Å². The van der Waals surface area contributed by atoms with Gasteiger partial charge < -0.3 is 20.0 Å². The van der Waals surface area contributed by atoms with Crippen LogP contribution in [-0.2, 0) is 19.9 Å². The number of furan rings is 1. The molecule has 1 aromatic carbocycles. The zero-order valence-electron chi connectivity index (χ0n) is 18.3. The third-order valence-electron chi connectivity index (χ3n) is 4.96. The third kappa shape index (κ3) is 8.64. The first-order valence-electron chi connectivity index (χ1n) is 10.5. The van der Waals surface area contributed by atoms with E-state index in [0.717, 1.165) is 57.2 Å². The van der Waals surface area contributed by atoms with Crippen LogP contribution in [0.15, 0.2) is 70.4 Å². The van der Waals surface area contributed by atoms with E-state index in [1.165, 1.54) is 11.4 Å². The van der Waals surface area contributed by atoms with Crippen LogP contribution >= 0.6 is 24.0 Å². The maximum Gasteiger partial charge on any atom is 0.191 e. The number of nitrogens with one attached hydrogen (secondary N) is 2. The molecule has 168 valence electrons. The van der Waals surface area contributed by atoms with E-state index < -0.39 is 0 Å². The Morgan fingerprint density at radius 2 is 1.84 bits per heavy atom. The molecule has 8 heteroatoms. The van der Waals surface area contributed by atoms with Gasteiger partial charge >= 0.3 is 0 Å². The lowest BCUT2D eigenvalue weighted by molar-refractivity contribution is 0.506. The number of anilines is 1. The number of nitrogens with zero attached hydrogens (tertiary/aromatic N) is 4. The Hall–Kier alpha value is -2.49. The van der Waals surface area contributed by atoms with Crippen molar-refractivity contribution in [2.24, 2.45) is 12.0 Å². The van der Waals surface area contributed by atoms with Crippen LogP contribution in [0.25, 0.3) is 0 Å². The van der Waals surface area contributed by atoms with Gasteiger partial charge in [0, 0.05) is 70.7 Å². The number of guanidine groups is 1. The number of halogens is 1. The molecule has 0 atom stereocenters. The first-order valence-corrected chi connectivity index (χ1v) is 10.5. The summed E-state index contributed by atoms with van der Waals surface area (Å²) in [6.45, 7) is 3.30. The molecule has 0 aliphatic rings. The van der Waals surface area contributed by atoms with Gasteiger partial charge in [0.05, 0.1) is 6.26 Å². The van der Waals surface area contributed by atoms with E-state index in [-0.39, 0.29) is 24.0 Å². The second-order valence-corrected chi connectivity index (χ2v) is 7.22. The van der Waals surface area contributed by atoms with Crippen molar-refractivity contribution in [1.82, 2.24) is 20.4 Å². The molecular weight excluding hydrogens is 503 g/mol. The minimum atomic E-state index is 0. The van der Waals surface area contributed by atoms with Crippen LogP contribution in [0.1, 0.15) is 17.9 Å². The molecular formula is C23H33IN6O. The summed E-state index contributed by atoms with van der Waals surface area (Å²) in [7, 11) is 4.09. The Balaban J connectivity index is 0.00000341. The number of aryl methyl sites for hydroxylation is 1. The highest BCUT2D eigenvalue weighted by Crippen LogP contribution is 2.10. The standard InChI is InChI=1S/C23H32N6O.HI/c1-28(20-8-4-3-5-9-20)18-7-14-24-23(26-16-13-22-10-6-19-30-22)25-15-11-21-12-17-27-29(21)2;/h3-6,8-10,12,17,19H,7,11,13-16,18H2,1-2H3,(H2,24,25,26);1H. The van der Waals surface area contributed by atoms with Gasteiger partial charge in [0.15, 0.2) is 5.96 Å². The van der Waals surface area contributed by atoms with Crippen molar-refractivity contribution in [3.63, 3.8) is 0 Å². The van der Waals surface area contributed by atoms with Crippen molar-refractivity contribution >= 4 is 35.6 Å². The SMILES string of the molecule is CN(CCCN=C(NCCc1ccco1)NCCc1ccnn1C)c1ccccc1.I. The molecule has 0 saturated carbocycles. The molecule has 0 spiro atoms. The highest BCUT2D eigenvalue weighted by Gasteiger charge is 2.03. The second kappa shape index (κ2) is 13.7. The molecule has 0 fully saturated rings. The maximum atomic E-state index is 5.41. The van der Waals surface area contributed by atoms with Gasteiger partial charge in [0.2, 0.25) is 0 Å². The van der Waals surface area contributed by atoms with Crippen molar-refractivity contribution in [2.75, 3.05) is 38.1 Å². The van der Waals surface area contributed by atoms with E-state index >= 15 is 0 Å². The molecule has 0 bridgehead atoms. The van der Waals surface area contributed by atoms with Crippen LogP contribution in [0, 0.1) is 0 Å². The molecule has 2 N–H and O–H groups in total.